The van der Waals surface area contributed by atoms with Crippen molar-refractivity contribution < 1.29 is 18.7 Å². The number of nitrogens with two attached hydrogens (primary N) is 1. The molecule has 3 heterocycles. The Bertz CT molecular complexity index is 956. The first-order chi connectivity index (χ1) is 13.1. The zero-order valence-corrected chi connectivity index (χ0v) is 15.2. The summed E-state index contributed by atoms with van der Waals surface area (Å²) in [4.78, 5) is 12.3. The van der Waals surface area contributed by atoms with Crippen molar-refractivity contribution >= 4 is 17.7 Å². The molecule has 0 unspecified atom stereocenters. The summed E-state index contributed by atoms with van der Waals surface area (Å²) in [5.74, 6) is 8.29. The van der Waals surface area contributed by atoms with Crippen LogP contribution in [-0.4, -0.2) is 33.3 Å². The van der Waals surface area contributed by atoms with E-state index in [0.29, 0.717) is 28.2 Å². The highest BCUT2D eigenvalue weighted by atomic mass is 32.2. The predicted octanol–water partition coefficient (Wildman–Crippen LogP) is 1.95. The highest BCUT2D eigenvalue weighted by Crippen LogP contribution is 2.34. The number of hydrogen-bond acceptors (Lipinski definition) is 8. The average Bonchev–Trinajstić information content (AvgIpc) is 3.40. The summed E-state index contributed by atoms with van der Waals surface area (Å²) in [6.45, 7) is 2.12. The molecule has 3 N–H and O–H groups in total. The fourth-order valence-corrected chi connectivity index (χ4v) is 3.30. The predicted molar refractivity (Wildman–Crippen MR) is 97.7 cm³/mol. The van der Waals surface area contributed by atoms with Crippen molar-refractivity contribution in [1.82, 2.24) is 20.2 Å². The molecule has 0 radical (unpaired) electrons. The molecule has 0 aliphatic carbocycles. The molecule has 1 aliphatic rings. The van der Waals surface area contributed by atoms with Crippen molar-refractivity contribution in [2.24, 2.45) is 0 Å². The Labute approximate surface area is 158 Å². The third-order valence-corrected chi connectivity index (χ3v) is 4.96. The second kappa shape index (κ2) is 7.23. The molecule has 27 heavy (non-hydrogen) atoms. The van der Waals surface area contributed by atoms with E-state index in [4.69, 9.17) is 19.7 Å². The normalized spacial score (nSPS) is 13.5. The quantitative estimate of drug-likeness (QED) is 0.487. The molecule has 0 fully saturated rings. The van der Waals surface area contributed by atoms with Crippen molar-refractivity contribution in [2.45, 2.75) is 18.1 Å². The van der Waals surface area contributed by atoms with E-state index in [9.17, 15) is 4.79 Å². The number of amides is 1. The SMILES string of the molecule is C[C@H](NC(=O)CSc1nnc(-c2ccco2)n1N)c1ccc2c(c1)OCO2. The maximum atomic E-state index is 12.3. The van der Waals surface area contributed by atoms with Crippen LogP contribution in [0.4, 0.5) is 0 Å². The third kappa shape index (κ3) is 3.56. The summed E-state index contributed by atoms with van der Waals surface area (Å²) in [6.07, 6.45) is 1.53. The monoisotopic (exact) mass is 387 g/mol. The van der Waals surface area contributed by atoms with Gasteiger partial charge in [0.05, 0.1) is 18.1 Å². The number of ether oxygens (including phenoxy) is 2. The number of benzene rings is 1. The van der Waals surface area contributed by atoms with Gasteiger partial charge in [0.1, 0.15) is 0 Å². The number of furan rings is 1. The molecule has 9 nitrogen and oxygen atoms in total. The largest absolute Gasteiger partial charge is 0.461 e. The van der Waals surface area contributed by atoms with Gasteiger partial charge in [0.25, 0.3) is 0 Å². The minimum absolute atomic E-state index is 0.146. The minimum atomic E-state index is -0.179. The number of hydrogen-bond donors (Lipinski definition) is 2. The molecule has 0 saturated carbocycles. The van der Waals surface area contributed by atoms with Gasteiger partial charge in [0.15, 0.2) is 17.3 Å². The van der Waals surface area contributed by atoms with Crippen LogP contribution >= 0.6 is 11.8 Å². The first-order valence-corrected chi connectivity index (χ1v) is 9.16. The minimum Gasteiger partial charge on any atom is -0.461 e. The summed E-state index contributed by atoms with van der Waals surface area (Å²) in [5, 5.41) is 11.4. The van der Waals surface area contributed by atoms with Gasteiger partial charge < -0.3 is 25.1 Å². The number of aromatic nitrogens is 3. The van der Waals surface area contributed by atoms with Crippen LogP contribution in [0.2, 0.25) is 0 Å². The summed E-state index contributed by atoms with van der Waals surface area (Å²) in [6, 6.07) is 8.90. The molecule has 140 valence electrons. The molecule has 2 aromatic heterocycles. The zero-order valence-electron chi connectivity index (χ0n) is 14.4. The van der Waals surface area contributed by atoms with E-state index in [1.807, 2.05) is 25.1 Å². The van der Waals surface area contributed by atoms with Crippen LogP contribution < -0.4 is 20.6 Å². The molecule has 10 heteroatoms. The van der Waals surface area contributed by atoms with Crippen LogP contribution in [0.5, 0.6) is 11.5 Å². The Kier molecular flexibility index (Phi) is 4.63. The summed E-state index contributed by atoms with van der Waals surface area (Å²) < 4.78 is 17.2. The number of nitrogens with zero attached hydrogens (tertiary/aromatic N) is 3. The van der Waals surface area contributed by atoms with Crippen molar-refractivity contribution in [3.05, 3.63) is 42.2 Å². The maximum Gasteiger partial charge on any atom is 0.231 e. The van der Waals surface area contributed by atoms with Crippen LogP contribution in [0, 0.1) is 0 Å². The Morgan fingerprint density at radius 1 is 1.33 bits per heavy atom. The van der Waals surface area contributed by atoms with Gasteiger partial charge >= 0.3 is 0 Å². The average molecular weight is 387 g/mol. The van der Waals surface area contributed by atoms with E-state index in [0.717, 1.165) is 5.56 Å². The van der Waals surface area contributed by atoms with Crippen molar-refractivity contribution in [2.75, 3.05) is 18.4 Å². The van der Waals surface area contributed by atoms with Crippen LogP contribution in [0.15, 0.2) is 46.2 Å². The van der Waals surface area contributed by atoms with Gasteiger partial charge in [-0.15, -0.1) is 10.2 Å². The first-order valence-electron chi connectivity index (χ1n) is 8.18. The highest BCUT2D eigenvalue weighted by molar-refractivity contribution is 7.99. The van der Waals surface area contributed by atoms with Crippen LogP contribution in [0.1, 0.15) is 18.5 Å². The highest BCUT2D eigenvalue weighted by Gasteiger charge is 2.18. The van der Waals surface area contributed by atoms with Crippen LogP contribution in [0.3, 0.4) is 0 Å². The molecular weight excluding hydrogens is 370 g/mol. The van der Waals surface area contributed by atoms with E-state index in [2.05, 4.69) is 15.5 Å². The number of carbonyl (C=O) groups is 1. The van der Waals surface area contributed by atoms with Crippen molar-refractivity contribution in [3.8, 4) is 23.1 Å². The van der Waals surface area contributed by atoms with Gasteiger partial charge in [-0.25, -0.2) is 4.68 Å². The maximum absolute atomic E-state index is 12.3. The van der Waals surface area contributed by atoms with Gasteiger partial charge in [-0.05, 0) is 36.8 Å². The van der Waals surface area contributed by atoms with E-state index in [1.165, 1.54) is 22.7 Å². The molecule has 1 aromatic carbocycles. The second-order valence-corrected chi connectivity index (χ2v) is 6.79. The molecule has 0 saturated heterocycles. The van der Waals surface area contributed by atoms with E-state index in [1.54, 1.807) is 12.1 Å². The van der Waals surface area contributed by atoms with Gasteiger partial charge in [-0.1, -0.05) is 17.8 Å². The van der Waals surface area contributed by atoms with Crippen molar-refractivity contribution in [1.29, 1.82) is 0 Å². The van der Waals surface area contributed by atoms with Crippen molar-refractivity contribution in [3.63, 3.8) is 0 Å². The Morgan fingerprint density at radius 3 is 3.00 bits per heavy atom. The number of nitrogen functional groups attached to an aromatic ring is 1. The fourth-order valence-electron chi connectivity index (χ4n) is 2.63. The van der Waals surface area contributed by atoms with Gasteiger partial charge in [0.2, 0.25) is 23.7 Å². The molecule has 3 aromatic rings. The molecule has 0 spiro atoms. The van der Waals surface area contributed by atoms with E-state index in [-0.39, 0.29) is 24.5 Å². The zero-order chi connectivity index (χ0) is 18.8. The van der Waals surface area contributed by atoms with E-state index >= 15 is 0 Å². The third-order valence-electron chi connectivity index (χ3n) is 4.01. The lowest BCUT2D eigenvalue weighted by molar-refractivity contribution is -0.119. The number of rotatable bonds is 6. The number of carbonyl (C=O) groups excluding carboxylic acids is 1. The van der Waals surface area contributed by atoms with Gasteiger partial charge in [-0.3, -0.25) is 4.79 Å². The van der Waals surface area contributed by atoms with Crippen LogP contribution in [-0.2, 0) is 4.79 Å². The summed E-state index contributed by atoms with van der Waals surface area (Å²) in [7, 11) is 0. The Hall–Kier alpha value is -3.14. The fraction of sp³-hybridized carbons (Fsp3) is 0.235. The summed E-state index contributed by atoms with van der Waals surface area (Å²) in [5.41, 5.74) is 0.930. The molecule has 4 rings (SSSR count). The Morgan fingerprint density at radius 2 is 2.19 bits per heavy atom. The van der Waals surface area contributed by atoms with E-state index < -0.39 is 0 Å². The molecule has 1 aliphatic heterocycles. The summed E-state index contributed by atoms with van der Waals surface area (Å²) >= 11 is 1.20. The lowest BCUT2D eigenvalue weighted by Crippen LogP contribution is -2.28. The molecule has 1 amide bonds. The topological polar surface area (TPSA) is 117 Å². The number of thioether (sulfide) groups is 1. The first kappa shape index (κ1) is 17.3. The molecule has 0 bridgehead atoms. The number of nitrogens with one attached hydrogen (secondary N) is 1. The second-order valence-electron chi connectivity index (χ2n) is 5.84. The molecule has 1 atom stereocenters. The number of fused-ring (bicyclic) bond motifs is 1. The molecular formula is C17H17N5O4S. The smallest absolute Gasteiger partial charge is 0.231 e. The lowest BCUT2D eigenvalue weighted by Gasteiger charge is -2.14. The van der Waals surface area contributed by atoms with Crippen LogP contribution in [0.25, 0.3) is 11.6 Å². The lowest BCUT2D eigenvalue weighted by atomic mass is 10.1. The van der Waals surface area contributed by atoms with Gasteiger partial charge in [-0.2, -0.15) is 0 Å². The van der Waals surface area contributed by atoms with Gasteiger partial charge in [0, 0.05) is 0 Å². The Balaban J connectivity index is 1.35. The standard InChI is InChI=1S/C17H17N5O4S/c1-10(11-4-5-12-14(7-11)26-9-25-12)19-15(23)8-27-17-21-20-16(22(17)18)13-3-2-6-24-13/h2-7,10H,8-9,18H2,1H3,(H,19,23)/t10-/m0/s1.